The molecule has 1 aliphatic rings. The van der Waals surface area contributed by atoms with E-state index in [1.807, 2.05) is 12.1 Å². The summed E-state index contributed by atoms with van der Waals surface area (Å²) in [5.74, 6) is 0. The molecule has 104 valence electrons. The summed E-state index contributed by atoms with van der Waals surface area (Å²) >= 11 is 1.80. The Morgan fingerprint density at radius 2 is 1.75 bits per heavy atom. The van der Waals surface area contributed by atoms with Gasteiger partial charge in [0, 0.05) is 16.3 Å². The maximum atomic E-state index is 7.91. The van der Waals surface area contributed by atoms with Gasteiger partial charge in [0.2, 0.25) is 0 Å². The highest BCUT2D eigenvalue weighted by Crippen LogP contribution is 2.47. The number of rotatable bonds is 4. The average Bonchev–Trinajstić information content (AvgIpc) is 2.46. The number of fused-ring (bicyclic) bond motifs is 2. The molecule has 2 nitrogen and oxygen atoms in total. The molecule has 0 saturated carbocycles. The van der Waals surface area contributed by atoms with E-state index >= 15 is 0 Å². The predicted molar refractivity (Wildman–Crippen MR) is 87.2 cm³/mol. The van der Waals surface area contributed by atoms with Crippen LogP contribution in [-0.2, 0) is 0 Å². The van der Waals surface area contributed by atoms with Crippen LogP contribution in [0.3, 0.4) is 0 Å². The Balaban J connectivity index is 1.94. The molecular weight excluding hydrogens is 264 g/mol. The Kier molecular flexibility index (Phi) is 3.63. The van der Waals surface area contributed by atoms with E-state index in [-0.39, 0.29) is 0 Å². The molecule has 0 spiro atoms. The lowest BCUT2D eigenvalue weighted by atomic mass is 10.2. The van der Waals surface area contributed by atoms with Gasteiger partial charge in [-0.3, -0.25) is 0 Å². The first-order valence-electron chi connectivity index (χ1n) is 7.45. The summed E-state index contributed by atoms with van der Waals surface area (Å²) in [4.78, 5) is 7.12. The molecular formula is C17H20N2S. The van der Waals surface area contributed by atoms with Gasteiger partial charge in [-0.05, 0) is 51.3 Å². The predicted octanol–water partition coefficient (Wildman–Crippen LogP) is 4.24. The van der Waals surface area contributed by atoms with E-state index in [9.17, 15) is 0 Å². The third-order valence-electron chi connectivity index (χ3n) is 3.46. The van der Waals surface area contributed by atoms with Gasteiger partial charge in [0.05, 0.1) is 12.7 Å². The quantitative estimate of drug-likeness (QED) is 0.829. The topological polar surface area (TPSA) is 6.48 Å². The van der Waals surface area contributed by atoms with E-state index in [0.29, 0.717) is 6.04 Å². The van der Waals surface area contributed by atoms with Gasteiger partial charge >= 0.3 is 0 Å². The molecule has 2 aromatic carbocycles. The van der Waals surface area contributed by atoms with Crippen molar-refractivity contribution in [3.63, 3.8) is 0 Å². The highest BCUT2D eigenvalue weighted by atomic mass is 32.2. The number of para-hydroxylation sites is 2. The molecule has 0 fully saturated rings. The minimum atomic E-state index is 0.575. The van der Waals surface area contributed by atoms with Crippen LogP contribution < -0.4 is 4.90 Å². The molecule has 1 aliphatic heterocycles. The number of benzene rings is 2. The van der Waals surface area contributed by atoms with E-state index in [0.717, 1.165) is 19.5 Å². The summed E-state index contributed by atoms with van der Waals surface area (Å²) in [5, 5.41) is 0. The number of anilines is 2. The molecule has 0 aliphatic carbocycles. The Morgan fingerprint density at radius 3 is 2.55 bits per heavy atom. The normalized spacial score (nSPS) is 13.9. The molecule has 0 bridgehead atoms. The monoisotopic (exact) mass is 285 g/mol. The van der Waals surface area contributed by atoms with E-state index in [1.54, 1.807) is 11.8 Å². The SMILES string of the molecule is [2H]c1ccc2c(c1)N(CCCN(C)C)c1ccccc1S2. The summed E-state index contributed by atoms with van der Waals surface area (Å²) in [7, 11) is 4.21. The summed E-state index contributed by atoms with van der Waals surface area (Å²) in [5.41, 5.74) is 2.43. The van der Waals surface area contributed by atoms with Gasteiger partial charge in [-0.1, -0.05) is 36.0 Å². The van der Waals surface area contributed by atoms with Gasteiger partial charge in [0.25, 0.3) is 0 Å². The van der Waals surface area contributed by atoms with Gasteiger partial charge in [-0.2, -0.15) is 0 Å². The highest BCUT2D eigenvalue weighted by molar-refractivity contribution is 7.99. The molecule has 3 heteroatoms. The summed E-state index contributed by atoms with van der Waals surface area (Å²) in [6, 6.07) is 15.0. The molecule has 0 amide bonds. The van der Waals surface area contributed by atoms with Gasteiger partial charge in [-0.25, -0.2) is 0 Å². The van der Waals surface area contributed by atoms with E-state index in [1.165, 1.54) is 21.2 Å². The van der Waals surface area contributed by atoms with Crippen LogP contribution >= 0.6 is 11.8 Å². The molecule has 0 saturated heterocycles. The fourth-order valence-electron chi connectivity index (χ4n) is 2.51. The smallest absolute Gasteiger partial charge is 0.0623 e. The first kappa shape index (κ1) is 12.3. The molecule has 0 N–H and O–H groups in total. The second-order valence-electron chi connectivity index (χ2n) is 5.27. The van der Waals surface area contributed by atoms with Gasteiger partial charge in [-0.15, -0.1) is 0 Å². The van der Waals surface area contributed by atoms with Crippen LogP contribution in [0, 0.1) is 0 Å². The molecule has 3 rings (SSSR count). The lowest BCUT2D eigenvalue weighted by Gasteiger charge is -2.33. The molecule has 2 aromatic rings. The highest BCUT2D eigenvalue weighted by Gasteiger charge is 2.22. The first-order chi connectivity index (χ1) is 10.1. The Hall–Kier alpha value is -1.45. The number of hydrogen-bond donors (Lipinski definition) is 0. The van der Waals surface area contributed by atoms with Crippen LogP contribution in [0.1, 0.15) is 7.79 Å². The van der Waals surface area contributed by atoms with Gasteiger partial charge in [0.15, 0.2) is 0 Å². The van der Waals surface area contributed by atoms with Crippen LogP contribution in [0.2, 0.25) is 0 Å². The maximum Gasteiger partial charge on any atom is 0.0623 e. The van der Waals surface area contributed by atoms with E-state index < -0.39 is 0 Å². The fourth-order valence-corrected chi connectivity index (χ4v) is 3.58. The standard InChI is InChI=1S/C17H20N2S/c1-18(2)12-7-13-19-14-8-3-5-10-16(14)20-17-11-6-4-9-15(17)19/h3-6,8-11H,7,12-13H2,1-2H3/i3D. The van der Waals surface area contributed by atoms with Crippen molar-refractivity contribution in [2.75, 3.05) is 32.1 Å². The van der Waals surface area contributed by atoms with Crippen LogP contribution in [0.5, 0.6) is 0 Å². The molecule has 0 atom stereocenters. The molecule has 1 heterocycles. The molecule has 20 heavy (non-hydrogen) atoms. The van der Waals surface area contributed by atoms with Crippen LogP contribution in [0.25, 0.3) is 0 Å². The second-order valence-corrected chi connectivity index (χ2v) is 6.36. The third-order valence-corrected chi connectivity index (χ3v) is 4.59. The molecule has 0 unspecified atom stereocenters. The number of hydrogen-bond acceptors (Lipinski definition) is 3. The minimum absolute atomic E-state index is 0.575. The van der Waals surface area contributed by atoms with Crippen molar-refractivity contribution >= 4 is 23.1 Å². The Bertz CT molecular complexity index is 642. The van der Waals surface area contributed by atoms with Crippen molar-refractivity contribution in [3.05, 3.63) is 48.5 Å². The summed E-state index contributed by atoms with van der Waals surface area (Å²) < 4.78 is 7.91. The molecule has 0 radical (unpaired) electrons. The van der Waals surface area contributed by atoms with Crippen molar-refractivity contribution in [3.8, 4) is 0 Å². The third kappa shape index (κ3) is 2.69. The van der Waals surface area contributed by atoms with Crippen molar-refractivity contribution < 1.29 is 1.37 Å². The summed E-state index contributed by atoms with van der Waals surface area (Å²) in [6.07, 6.45) is 1.10. The van der Waals surface area contributed by atoms with Gasteiger partial charge < -0.3 is 9.80 Å². The molecule has 0 aromatic heterocycles. The fraction of sp³-hybridized carbons (Fsp3) is 0.294. The largest absolute Gasteiger partial charge is 0.340 e. The first-order valence-corrected chi connectivity index (χ1v) is 7.76. The van der Waals surface area contributed by atoms with Gasteiger partial charge in [0.1, 0.15) is 0 Å². The van der Waals surface area contributed by atoms with E-state index in [2.05, 4.69) is 54.2 Å². The Labute approximate surface area is 126 Å². The van der Waals surface area contributed by atoms with Crippen molar-refractivity contribution in [2.24, 2.45) is 0 Å². The zero-order chi connectivity index (χ0) is 14.8. The van der Waals surface area contributed by atoms with Crippen molar-refractivity contribution in [1.29, 1.82) is 0 Å². The van der Waals surface area contributed by atoms with Crippen LogP contribution in [0.15, 0.2) is 58.3 Å². The lowest BCUT2D eigenvalue weighted by molar-refractivity contribution is 0.402. The van der Waals surface area contributed by atoms with Crippen molar-refractivity contribution in [2.45, 2.75) is 16.2 Å². The number of nitrogens with zero attached hydrogens (tertiary/aromatic N) is 2. The second kappa shape index (κ2) is 5.90. The minimum Gasteiger partial charge on any atom is -0.340 e. The van der Waals surface area contributed by atoms with Crippen LogP contribution in [-0.4, -0.2) is 32.1 Å². The van der Waals surface area contributed by atoms with E-state index in [4.69, 9.17) is 1.37 Å². The zero-order valence-corrected chi connectivity index (χ0v) is 12.8. The van der Waals surface area contributed by atoms with Crippen LogP contribution in [0.4, 0.5) is 11.4 Å². The lowest BCUT2D eigenvalue weighted by Crippen LogP contribution is -2.25. The maximum absolute atomic E-state index is 7.91. The zero-order valence-electron chi connectivity index (χ0n) is 13.0. The summed E-state index contributed by atoms with van der Waals surface area (Å²) in [6.45, 7) is 2.05. The Morgan fingerprint density at radius 1 is 1.05 bits per heavy atom. The van der Waals surface area contributed by atoms with Crippen molar-refractivity contribution in [1.82, 2.24) is 4.90 Å². The average molecular weight is 285 g/mol.